The number of hydrogen-bond acceptors (Lipinski definition) is 2. The molecule has 1 N–H and O–H groups in total. The van der Waals surface area contributed by atoms with Gasteiger partial charge in [0.1, 0.15) is 5.75 Å². The van der Waals surface area contributed by atoms with Gasteiger partial charge in [0, 0.05) is 12.1 Å². The van der Waals surface area contributed by atoms with Gasteiger partial charge in [-0.3, -0.25) is 0 Å². The van der Waals surface area contributed by atoms with E-state index in [1.54, 1.807) is 6.07 Å². The lowest BCUT2D eigenvalue weighted by atomic mass is 9.92. The normalized spacial score (nSPS) is 14.2. The van der Waals surface area contributed by atoms with Crippen molar-refractivity contribution in [3.8, 4) is 5.75 Å². The number of benzene rings is 1. The van der Waals surface area contributed by atoms with E-state index >= 15 is 0 Å². The molecular weight excluding hydrogens is 198 g/mol. The molecule has 2 nitrogen and oxygen atoms in total. The first-order chi connectivity index (χ1) is 7.56. The second kappa shape index (κ2) is 5.71. The van der Waals surface area contributed by atoms with Crippen molar-refractivity contribution in [1.82, 2.24) is 4.90 Å². The number of phenols is 1. The average molecular weight is 219 g/mol. The van der Waals surface area contributed by atoms with Crippen LogP contribution in [0, 0.1) is 5.92 Å². The molecule has 0 radical (unpaired) electrons. The molecule has 2 heteroatoms. The minimum atomic E-state index is 0.362. The molecule has 0 bridgehead atoms. The highest BCUT2D eigenvalue weighted by Crippen LogP contribution is 2.30. The van der Waals surface area contributed by atoms with Gasteiger partial charge < -0.3 is 10.0 Å². The van der Waals surface area contributed by atoms with E-state index < -0.39 is 0 Å². The van der Waals surface area contributed by atoms with Crippen LogP contribution in [-0.4, -0.2) is 30.6 Å². The molecule has 0 amide bonds. The van der Waals surface area contributed by atoms with Crippen molar-refractivity contribution in [2.24, 2.45) is 5.92 Å². The standard InChI is InChI=1S/C14H21NO/c1-5-12(11(2)10-15(3)4)13-8-6-7-9-14(13)16/h5-9,11,16H,10H2,1-4H3/b12-5-. The number of rotatable bonds is 4. The van der Waals surface area contributed by atoms with Crippen molar-refractivity contribution < 1.29 is 5.11 Å². The Morgan fingerprint density at radius 1 is 1.38 bits per heavy atom. The third-order valence-electron chi connectivity index (χ3n) is 2.70. The molecule has 0 saturated heterocycles. The van der Waals surface area contributed by atoms with Crippen LogP contribution < -0.4 is 0 Å². The summed E-state index contributed by atoms with van der Waals surface area (Å²) in [7, 11) is 4.13. The summed E-state index contributed by atoms with van der Waals surface area (Å²) in [5.74, 6) is 0.773. The van der Waals surface area contributed by atoms with E-state index in [0.717, 1.165) is 12.1 Å². The molecule has 1 unspecified atom stereocenters. The van der Waals surface area contributed by atoms with Gasteiger partial charge in [-0.25, -0.2) is 0 Å². The Balaban J connectivity index is 2.96. The number of hydrogen-bond donors (Lipinski definition) is 1. The van der Waals surface area contributed by atoms with Gasteiger partial charge in [0.2, 0.25) is 0 Å². The zero-order valence-corrected chi connectivity index (χ0v) is 10.6. The van der Waals surface area contributed by atoms with E-state index in [-0.39, 0.29) is 0 Å². The number of allylic oxidation sites excluding steroid dienone is 1. The number of phenolic OH excluding ortho intramolecular Hbond substituents is 1. The Hall–Kier alpha value is -1.28. The fraction of sp³-hybridized carbons (Fsp3) is 0.429. The molecule has 0 aliphatic heterocycles. The van der Waals surface area contributed by atoms with Crippen molar-refractivity contribution >= 4 is 5.57 Å². The summed E-state index contributed by atoms with van der Waals surface area (Å²) in [5.41, 5.74) is 2.14. The Morgan fingerprint density at radius 3 is 2.50 bits per heavy atom. The van der Waals surface area contributed by atoms with Crippen LogP contribution in [0.4, 0.5) is 0 Å². The van der Waals surface area contributed by atoms with Crippen molar-refractivity contribution in [3.63, 3.8) is 0 Å². The molecule has 16 heavy (non-hydrogen) atoms. The Labute approximate surface area is 98.2 Å². The van der Waals surface area contributed by atoms with Crippen molar-refractivity contribution in [2.75, 3.05) is 20.6 Å². The first kappa shape index (κ1) is 12.8. The molecule has 0 saturated carbocycles. The highest BCUT2D eigenvalue weighted by molar-refractivity contribution is 5.71. The molecule has 88 valence electrons. The predicted octanol–water partition coefficient (Wildman–Crippen LogP) is 2.99. The second-order valence-electron chi connectivity index (χ2n) is 4.42. The molecule has 0 aliphatic carbocycles. The topological polar surface area (TPSA) is 23.5 Å². The largest absolute Gasteiger partial charge is 0.507 e. The minimum absolute atomic E-state index is 0.362. The van der Waals surface area contributed by atoms with E-state index in [9.17, 15) is 5.11 Å². The molecule has 1 aromatic rings. The lowest BCUT2D eigenvalue weighted by Gasteiger charge is -2.20. The molecular formula is C14H21NO. The van der Waals surface area contributed by atoms with Crippen LogP contribution in [0.25, 0.3) is 5.57 Å². The molecule has 1 rings (SSSR count). The molecule has 0 fully saturated rings. The monoisotopic (exact) mass is 219 g/mol. The van der Waals surface area contributed by atoms with Crippen LogP contribution in [0.1, 0.15) is 19.4 Å². The fourth-order valence-electron chi connectivity index (χ4n) is 2.07. The molecule has 0 aromatic heterocycles. The van der Waals surface area contributed by atoms with E-state index in [2.05, 4.69) is 32.0 Å². The van der Waals surface area contributed by atoms with Crippen LogP contribution in [0.15, 0.2) is 30.3 Å². The van der Waals surface area contributed by atoms with Gasteiger partial charge in [-0.15, -0.1) is 0 Å². The summed E-state index contributed by atoms with van der Waals surface area (Å²) >= 11 is 0. The summed E-state index contributed by atoms with van der Waals surface area (Å²) in [6.45, 7) is 5.18. The van der Waals surface area contributed by atoms with Gasteiger partial charge in [0.25, 0.3) is 0 Å². The fourth-order valence-corrected chi connectivity index (χ4v) is 2.07. The zero-order chi connectivity index (χ0) is 12.1. The molecule has 0 spiro atoms. The van der Waals surface area contributed by atoms with E-state index in [1.807, 2.05) is 25.1 Å². The Morgan fingerprint density at radius 2 is 2.00 bits per heavy atom. The molecule has 1 aromatic carbocycles. The Kier molecular flexibility index (Phi) is 4.56. The quantitative estimate of drug-likeness (QED) is 0.841. The first-order valence-electron chi connectivity index (χ1n) is 5.65. The highest BCUT2D eigenvalue weighted by Gasteiger charge is 2.13. The van der Waals surface area contributed by atoms with E-state index in [4.69, 9.17) is 0 Å². The molecule has 0 heterocycles. The third kappa shape index (κ3) is 3.11. The van der Waals surface area contributed by atoms with Gasteiger partial charge in [-0.1, -0.05) is 31.2 Å². The first-order valence-corrected chi connectivity index (χ1v) is 5.65. The Bertz CT molecular complexity index is 369. The van der Waals surface area contributed by atoms with Gasteiger partial charge in [0.15, 0.2) is 0 Å². The van der Waals surface area contributed by atoms with Crippen molar-refractivity contribution in [3.05, 3.63) is 35.9 Å². The maximum atomic E-state index is 9.84. The molecule has 1 atom stereocenters. The van der Waals surface area contributed by atoms with E-state index in [0.29, 0.717) is 11.7 Å². The van der Waals surface area contributed by atoms with Gasteiger partial charge in [-0.05, 0) is 38.6 Å². The lowest BCUT2D eigenvalue weighted by molar-refractivity contribution is 0.375. The van der Waals surface area contributed by atoms with Crippen LogP contribution in [-0.2, 0) is 0 Å². The minimum Gasteiger partial charge on any atom is -0.507 e. The summed E-state index contributed by atoms with van der Waals surface area (Å²) in [6, 6.07) is 7.52. The van der Waals surface area contributed by atoms with Crippen LogP contribution in [0.2, 0.25) is 0 Å². The number of para-hydroxylation sites is 1. The zero-order valence-electron chi connectivity index (χ0n) is 10.6. The highest BCUT2D eigenvalue weighted by atomic mass is 16.3. The van der Waals surface area contributed by atoms with E-state index in [1.165, 1.54) is 5.57 Å². The van der Waals surface area contributed by atoms with Crippen LogP contribution in [0.5, 0.6) is 5.75 Å². The van der Waals surface area contributed by atoms with Crippen molar-refractivity contribution in [1.29, 1.82) is 0 Å². The maximum Gasteiger partial charge on any atom is 0.123 e. The lowest BCUT2D eigenvalue weighted by Crippen LogP contribution is -2.20. The maximum absolute atomic E-state index is 9.84. The van der Waals surface area contributed by atoms with Crippen LogP contribution in [0.3, 0.4) is 0 Å². The summed E-state index contributed by atoms with van der Waals surface area (Å²) in [6.07, 6.45) is 2.09. The summed E-state index contributed by atoms with van der Waals surface area (Å²) < 4.78 is 0. The second-order valence-corrected chi connectivity index (χ2v) is 4.42. The number of nitrogens with zero attached hydrogens (tertiary/aromatic N) is 1. The summed E-state index contributed by atoms with van der Waals surface area (Å²) in [5, 5.41) is 9.84. The number of aromatic hydroxyl groups is 1. The third-order valence-corrected chi connectivity index (χ3v) is 2.70. The smallest absolute Gasteiger partial charge is 0.123 e. The van der Waals surface area contributed by atoms with Crippen LogP contribution >= 0.6 is 0 Å². The van der Waals surface area contributed by atoms with Crippen molar-refractivity contribution in [2.45, 2.75) is 13.8 Å². The summed E-state index contributed by atoms with van der Waals surface area (Å²) in [4.78, 5) is 2.16. The predicted molar refractivity (Wildman–Crippen MR) is 69.5 cm³/mol. The van der Waals surface area contributed by atoms with Gasteiger partial charge in [0.05, 0.1) is 0 Å². The van der Waals surface area contributed by atoms with Gasteiger partial charge >= 0.3 is 0 Å². The van der Waals surface area contributed by atoms with Gasteiger partial charge in [-0.2, -0.15) is 0 Å². The average Bonchev–Trinajstić information content (AvgIpc) is 2.20. The molecule has 0 aliphatic rings. The SMILES string of the molecule is C/C=C(\c1ccccc1O)C(C)CN(C)C.